The van der Waals surface area contributed by atoms with Gasteiger partial charge in [0.15, 0.2) is 0 Å². The van der Waals surface area contributed by atoms with Crippen molar-refractivity contribution in [3.05, 3.63) is 29.8 Å². The van der Waals surface area contributed by atoms with E-state index in [-0.39, 0.29) is 6.03 Å². The molecular formula is C14H22N2O3. The topological polar surface area (TPSA) is 59.6 Å². The molecule has 0 spiro atoms. The van der Waals surface area contributed by atoms with Crippen LogP contribution in [-0.4, -0.2) is 39.4 Å². The fourth-order valence-corrected chi connectivity index (χ4v) is 1.52. The zero-order chi connectivity index (χ0) is 13.9. The number of para-hydroxylation sites is 1. The average molecular weight is 266 g/mol. The number of amides is 2. The number of benzene rings is 1. The minimum Gasteiger partial charge on any atom is -0.491 e. The van der Waals surface area contributed by atoms with E-state index >= 15 is 0 Å². The molecule has 2 N–H and O–H groups in total. The highest BCUT2D eigenvalue weighted by molar-refractivity contribution is 5.73. The molecular weight excluding hydrogens is 244 g/mol. The lowest BCUT2D eigenvalue weighted by molar-refractivity contribution is 0.193. The van der Waals surface area contributed by atoms with Crippen LogP contribution in [0.15, 0.2) is 24.3 Å². The first-order valence-electron chi connectivity index (χ1n) is 6.43. The van der Waals surface area contributed by atoms with Crippen LogP contribution >= 0.6 is 0 Å². The minimum atomic E-state index is -0.176. The van der Waals surface area contributed by atoms with Crippen molar-refractivity contribution in [2.24, 2.45) is 0 Å². The SMILES string of the molecule is COCCCNC(=O)NCCOc1ccccc1C. The van der Waals surface area contributed by atoms with E-state index in [2.05, 4.69) is 10.6 Å². The zero-order valence-corrected chi connectivity index (χ0v) is 11.6. The monoisotopic (exact) mass is 266 g/mol. The smallest absolute Gasteiger partial charge is 0.314 e. The van der Waals surface area contributed by atoms with Gasteiger partial charge in [0.05, 0.1) is 6.54 Å². The Balaban J connectivity index is 2.07. The van der Waals surface area contributed by atoms with Gasteiger partial charge in [-0.15, -0.1) is 0 Å². The van der Waals surface area contributed by atoms with Crippen LogP contribution in [0.1, 0.15) is 12.0 Å². The van der Waals surface area contributed by atoms with Crippen LogP contribution in [-0.2, 0) is 4.74 Å². The molecule has 0 fully saturated rings. The summed E-state index contributed by atoms with van der Waals surface area (Å²) in [5, 5.41) is 5.48. The van der Waals surface area contributed by atoms with Gasteiger partial charge in [0, 0.05) is 20.3 Å². The van der Waals surface area contributed by atoms with Crippen molar-refractivity contribution < 1.29 is 14.3 Å². The summed E-state index contributed by atoms with van der Waals surface area (Å²) in [7, 11) is 1.64. The second-order valence-corrected chi connectivity index (χ2v) is 4.14. The first-order valence-corrected chi connectivity index (χ1v) is 6.43. The van der Waals surface area contributed by atoms with Gasteiger partial charge in [-0.1, -0.05) is 18.2 Å². The fraction of sp³-hybridized carbons (Fsp3) is 0.500. The molecule has 106 valence electrons. The number of hydrogen-bond donors (Lipinski definition) is 2. The van der Waals surface area contributed by atoms with E-state index in [0.717, 1.165) is 17.7 Å². The van der Waals surface area contributed by atoms with Crippen molar-refractivity contribution in [1.29, 1.82) is 0 Å². The molecule has 0 unspecified atom stereocenters. The summed E-state index contributed by atoms with van der Waals surface area (Å²) in [6.07, 6.45) is 0.809. The highest BCUT2D eigenvalue weighted by Crippen LogP contribution is 2.15. The van der Waals surface area contributed by atoms with Crippen molar-refractivity contribution in [3.63, 3.8) is 0 Å². The maximum Gasteiger partial charge on any atom is 0.314 e. The van der Waals surface area contributed by atoms with Gasteiger partial charge in [-0.2, -0.15) is 0 Å². The Kier molecular flexibility index (Phi) is 7.43. The van der Waals surface area contributed by atoms with Gasteiger partial charge in [0.2, 0.25) is 0 Å². The molecule has 0 aromatic heterocycles. The number of carbonyl (C=O) groups is 1. The second-order valence-electron chi connectivity index (χ2n) is 4.14. The predicted molar refractivity (Wildman–Crippen MR) is 74.6 cm³/mol. The summed E-state index contributed by atoms with van der Waals surface area (Å²) >= 11 is 0. The fourth-order valence-electron chi connectivity index (χ4n) is 1.52. The molecule has 0 bridgehead atoms. The second kappa shape index (κ2) is 9.22. The van der Waals surface area contributed by atoms with E-state index in [1.165, 1.54) is 0 Å². The summed E-state index contributed by atoms with van der Waals surface area (Å²) in [4.78, 5) is 11.4. The number of carbonyl (C=O) groups excluding carboxylic acids is 1. The normalized spacial score (nSPS) is 10.0. The number of nitrogens with one attached hydrogen (secondary N) is 2. The van der Waals surface area contributed by atoms with E-state index in [0.29, 0.717) is 26.3 Å². The lowest BCUT2D eigenvalue weighted by atomic mass is 10.2. The van der Waals surface area contributed by atoms with E-state index < -0.39 is 0 Å². The van der Waals surface area contributed by atoms with Gasteiger partial charge in [0.1, 0.15) is 12.4 Å². The predicted octanol–water partition coefficient (Wildman–Crippen LogP) is 1.71. The number of aryl methyl sites for hydroxylation is 1. The van der Waals surface area contributed by atoms with Crippen molar-refractivity contribution in [2.45, 2.75) is 13.3 Å². The summed E-state index contributed by atoms with van der Waals surface area (Å²) < 4.78 is 10.5. The summed E-state index contributed by atoms with van der Waals surface area (Å²) in [6, 6.07) is 7.63. The van der Waals surface area contributed by atoms with Crippen LogP contribution in [0.2, 0.25) is 0 Å². The molecule has 0 saturated heterocycles. The average Bonchev–Trinajstić information content (AvgIpc) is 2.41. The molecule has 1 aromatic rings. The lowest BCUT2D eigenvalue weighted by Crippen LogP contribution is -2.38. The molecule has 2 amide bonds. The van der Waals surface area contributed by atoms with Crippen LogP contribution < -0.4 is 15.4 Å². The van der Waals surface area contributed by atoms with Crippen LogP contribution in [0.5, 0.6) is 5.75 Å². The third-order valence-corrected chi connectivity index (χ3v) is 2.55. The standard InChI is InChI=1S/C14H22N2O3/c1-12-6-3-4-7-13(12)19-11-9-16-14(17)15-8-5-10-18-2/h3-4,6-7H,5,8-11H2,1-2H3,(H2,15,16,17). The van der Waals surface area contributed by atoms with Gasteiger partial charge in [0.25, 0.3) is 0 Å². The Labute approximate surface area is 114 Å². The number of urea groups is 1. The molecule has 0 saturated carbocycles. The van der Waals surface area contributed by atoms with E-state index in [1.54, 1.807) is 7.11 Å². The Bertz CT molecular complexity index is 383. The third-order valence-electron chi connectivity index (χ3n) is 2.55. The molecule has 1 aromatic carbocycles. The molecule has 0 heterocycles. The quantitative estimate of drug-likeness (QED) is 0.704. The van der Waals surface area contributed by atoms with E-state index in [9.17, 15) is 4.79 Å². The molecule has 0 radical (unpaired) electrons. The summed E-state index contributed by atoms with van der Waals surface area (Å²) in [5.41, 5.74) is 1.09. The highest BCUT2D eigenvalue weighted by atomic mass is 16.5. The first-order chi connectivity index (χ1) is 9.24. The van der Waals surface area contributed by atoms with Crippen molar-refractivity contribution in [3.8, 4) is 5.75 Å². The molecule has 1 rings (SSSR count). The van der Waals surface area contributed by atoms with Crippen LogP contribution in [0.3, 0.4) is 0 Å². The van der Waals surface area contributed by atoms with Crippen molar-refractivity contribution in [2.75, 3.05) is 33.4 Å². The van der Waals surface area contributed by atoms with Crippen LogP contribution in [0.25, 0.3) is 0 Å². The summed E-state index contributed by atoms with van der Waals surface area (Å²) in [5.74, 6) is 0.852. The minimum absolute atomic E-state index is 0.176. The van der Waals surface area contributed by atoms with Gasteiger partial charge < -0.3 is 20.1 Å². The molecule has 0 aliphatic carbocycles. The Morgan fingerprint density at radius 3 is 2.63 bits per heavy atom. The van der Waals surface area contributed by atoms with Crippen molar-refractivity contribution >= 4 is 6.03 Å². The van der Waals surface area contributed by atoms with Crippen LogP contribution in [0.4, 0.5) is 4.79 Å². The van der Waals surface area contributed by atoms with E-state index in [1.807, 2.05) is 31.2 Å². The molecule has 0 aliphatic heterocycles. The van der Waals surface area contributed by atoms with Crippen molar-refractivity contribution in [1.82, 2.24) is 10.6 Å². The molecule has 0 aliphatic rings. The number of ether oxygens (including phenoxy) is 2. The van der Waals surface area contributed by atoms with Gasteiger partial charge in [-0.25, -0.2) is 4.79 Å². The maximum atomic E-state index is 11.4. The largest absolute Gasteiger partial charge is 0.491 e. The number of hydrogen-bond acceptors (Lipinski definition) is 3. The third kappa shape index (κ3) is 6.67. The zero-order valence-electron chi connectivity index (χ0n) is 11.6. The van der Waals surface area contributed by atoms with Crippen LogP contribution in [0, 0.1) is 6.92 Å². The molecule has 0 atom stereocenters. The Hall–Kier alpha value is -1.75. The van der Waals surface area contributed by atoms with Gasteiger partial charge in [-0.3, -0.25) is 0 Å². The molecule has 5 heteroatoms. The van der Waals surface area contributed by atoms with Gasteiger partial charge in [-0.05, 0) is 25.0 Å². The molecule has 19 heavy (non-hydrogen) atoms. The Morgan fingerprint density at radius 2 is 1.89 bits per heavy atom. The first kappa shape index (κ1) is 15.3. The molecule has 5 nitrogen and oxygen atoms in total. The number of methoxy groups -OCH3 is 1. The Morgan fingerprint density at radius 1 is 1.16 bits per heavy atom. The van der Waals surface area contributed by atoms with E-state index in [4.69, 9.17) is 9.47 Å². The summed E-state index contributed by atoms with van der Waals surface area (Å²) in [6.45, 7) is 4.18. The maximum absolute atomic E-state index is 11.4. The number of rotatable bonds is 8. The highest BCUT2D eigenvalue weighted by Gasteiger charge is 2.00. The van der Waals surface area contributed by atoms with Gasteiger partial charge >= 0.3 is 6.03 Å². The lowest BCUT2D eigenvalue weighted by Gasteiger charge is -2.10.